The van der Waals surface area contributed by atoms with Crippen molar-refractivity contribution in [1.82, 2.24) is 9.36 Å². The van der Waals surface area contributed by atoms with E-state index < -0.39 is 0 Å². The molecule has 0 aliphatic heterocycles. The number of rotatable bonds is 4. The van der Waals surface area contributed by atoms with Crippen molar-refractivity contribution < 1.29 is 4.79 Å². The summed E-state index contributed by atoms with van der Waals surface area (Å²) in [6.45, 7) is 2.02. The van der Waals surface area contributed by atoms with Crippen LogP contribution in [0.5, 0.6) is 0 Å². The lowest BCUT2D eigenvalue weighted by atomic mass is 10.7. The van der Waals surface area contributed by atoms with Crippen molar-refractivity contribution >= 4 is 45.9 Å². The molecular formula is C6H8ClN3OS2. The van der Waals surface area contributed by atoms with Gasteiger partial charge in [-0.3, -0.25) is 10.1 Å². The van der Waals surface area contributed by atoms with Gasteiger partial charge in [0.15, 0.2) is 0 Å². The molecule has 0 bridgehead atoms. The van der Waals surface area contributed by atoms with Crippen LogP contribution in [-0.2, 0) is 4.79 Å². The molecule has 0 aliphatic carbocycles. The molecule has 0 aliphatic rings. The number of hydrogen-bond acceptors (Lipinski definition) is 5. The molecule has 0 fully saturated rings. The van der Waals surface area contributed by atoms with Crippen LogP contribution < -0.4 is 5.32 Å². The summed E-state index contributed by atoms with van der Waals surface area (Å²) in [4.78, 5) is 14.9. The standard InChI is InChI=1S/C6H8ClN3OS2/c1-2-12-6-9-5(13-10-6)8-4(11)3-7/h2-3H2,1H3,(H,8,9,10,11). The Balaban J connectivity index is 2.53. The minimum absolute atomic E-state index is 0.0597. The second kappa shape index (κ2) is 5.41. The average Bonchev–Trinajstić information content (AvgIpc) is 2.53. The zero-order valence-corrected chi connectivity index (χ0v) is 9.30. The third kappa shape index (κ3) is 3.50. The molecule has 13 heavy (non-hydrogen) atoms. The van der Waals surface area contributed by atoms with Crippen molar-refractivity contribution in [3.63, 3.8) is 0 Å². The van der Waals surface area contributed by atoms with Crippen molar-refractivity contribution in [2.45, 2.75) is 12.1 Å². The highest BCUT2D eigenvalue weighted by Crippen LogP contribution is 2.19. The molecule has 1 heterocycles. The maximum atomic E-state index is 10.8. The average molecular weight is 238 g/mol. The number of thioether (sulfide) groups is 1. The van der Waals surface area contributed by atoms with Gasteiger partial charge in [0.2, 0.25) is 16.2 Å². The number of carbonyl (C=O) groups is 1. The Morgan fingerprint density at radius 2 is 2.54 bits per heavy atom. The van der Waals surface area contributed by atoms with Gasteiger partial charge >= 0.3 is 0 Å². The van der Waals surface area contributed by atoms with E-state index in [9.17, 15) is 4.79 Å². The molecule has 0 aromatic carbocycles. The fourth-order valence-corrected chi connectivity index (χ4v) is 1.95. The van der Waals surface area contributed by atoms with E-state index in [1.54, 1.807) is 0 Å². The SMILES string of the molecule is CCSc1nsc(NC(=O)CCl)n1. The highest BCUT2D eigenvalue weighted by atomic mass is 35.5. The lowest BCUT2D eigenvalue weighted by Gasteiger charge is -1.93. The van der Waals surface area contributed by atoms with E-state index in [1.807, 2.05) is 6.92 Å². The van der Waals surface area contributed by atoms with E-state index in [0.717, 1.165) is 17.3 Å². The molecule has 1 aromatic heterocycles. The summed E-state index contributed by atoms with van der Waals surface area (Å²) in [6, 6.07) is 0. The largest absolute Gasteiger partial charge is 0.300 e. The van der Waals surface area contributed by atoms with E-state index in [-0.39, 0.29) is 11.8 Å². The fraction of sp³-hybridized carbons (Fsp3) is 0.500. The van der Waals surface area contributed by atoms with Gasteiger partial charge in [0.05, 0.1) is 0 Å². The van der Waals surface area contributed by atoms with Crippen molar-refractivity contribution in [2.24, 2.45) is 0 Å². The van der Waals surface area contributed by atoms with Gasteiger partial charge in [-0.05, 0) is 5.75 Å². The summed E-state index contributed by atoms with van der Waals surface area (Å²) >= 11 is 8.00. The minimum Gasteiger partial charge on any atom is -0.300 e. The van der Waals surface area contributed by atoms with Crippen LogP contribution in [0, 0.1) is 0 Å². The van der Waals surface area contributed by atoms with Gasteiger partial charge in [-0.2, -0.15) is 9.36 Å². The molecule has 72 valence electrons. The second-order valence-corrected chi connectivity index (χ2v) is 4.25. The van der Waals surface area contributed by atoms with Crippen LogP contribution in [0.3, 0.4) is 0 Å². The number of carbonyl (C=O) groups excluding carboxylic acids is 1. The Morgan fingerprint density at radius 3 is 3.15 bits per heavy atom. The maximum absolute atomic E-state index is 10.8. The lowest BCUT2D eigenvalue weighted by Crippen LogP contribution is -2.12. The van der Waals surface area contributed by atoms with E-state index in [2.05, 4.69) is 14.7 Å². The molecule has 0 saturated carbocycles. The zero-order chi connectivity index (χ0) is 9.68. The molecule has 1 aromatic rings. The quantitative estimate of drug-likeness (QED) is 0.641. The fourth-order valence-electron chi connectivity index (χ4n) is 0.601. The molecule has 1 N–H and O–H groups in total. The number of nitrogens with one attached hydrogen (secondary N) is 1. The van der Waals surface area contributed by atoms with Gasteiger partial charge in [-0.1, -0.05) is 18.7 Å². The summed E-state index contributed by atoms with van der Waals surface area (Å²) in [5, 5.41) is 3.72. The van der Waals surface area contributed by atoms with Crippen molar-refractivity contribution in [2.75, 3.05) is 16.9 Å². The summed E-state index contributed by atoms with van der Waals surface area (Å²) in [5.41, 5.74) is 0. The molecule has 1 amide bonds. The molecule has 0 saturated heterocycles. The summed E-state index contributed by atoms with van der Waals surface area (Å²) in [7, 11) is 0. The molecule has 4 nitrogen and oxygen atoms in total. The first-order valence-electron chi connectivity index (χ1n) is 3.58. The first-order chi connectivity index (χ1) is 6.26. The minimum atomic E-state index is -0.258. The highest BCUT2D eigenvalue weighted by molar-refractivity contribution is 7.99. The van der Waals surface area contributed by atoms with Crippen molar-refractivity contribution in [1.29, 1.82) is 0 Å². The second-order valence-electron chi connectivity index (χ2n) is 2.00. The number of alkyl halides is 1. The molecule has 0 atom stereocenters. The van der Waals surface area contributed by atoms with Crippen LogP contribution in [0.15, 0.2) is 5.16 Å². The number of anilines is 1. The van der Waals surface area contributed by atoms with Gasteiger partial charge in [0, 0.05) is 11.5 Å². The van der Waals surface area contributed by atoms with Crippen LogP contribution in [0.1, 0.15) is 6.92 Å². The summed E-state index contributed by atoms with van der Waals surface area (Å²) in [6.07, 6.45) is 0. The molecule has 7 heteroatoms. The summed E-state index contributed by atoms with van der Waals surface area (Å²) < 4.78 is 4.03. The molecule has 0 radical (unpaired) electrons. The monoisotopic (exact) mass is 237 g/mol. The molecule has 1 rings (SSSR count). The van der Waals surface area contributed by atoms with Crippen molar-refractivity contribution in [3.05, 3.63) is 0 Å². The lowest BCUT2D eigenvalue weighted by molar-refractivity contribution is -0.113. The number of aromatic nitrogens is 2. The molecule has 0 unspecified atom stereocenters. The van der Waals surface area contributed by atoms with E-state index in [0.29, 0.717) is 10.3 Å². The molecular weight excluding hydrogens is 230 g/mol. The third-order valence-corrected chi connectivity index (χ3v) is 2.77. The Morgan fingerprint density at radius 1 is 1.77 bits per heavy atom. The number of nitrogens with zero attached hydrogens (tertiary/aromatic N) is 2. The normalized spacial score (nSPS) is 10.0. The smallest absolute Gasteiger partial charge is 0.241 e. The Hall–Kier alpha value is -0.330. The van der Waals surface area contributed by atoms with Crippen molar-refractivity contribution in [3.8, 4) is 0 Å². The van der Waals surface area contributed by atoms with Gasteiger partial charge in [-0.25, -0.2) is 0 Å². The summed E-state index contributed by atoms with van der Waals surface area (Å²) in [5.74, 6) is 0.598. The van der Waals surface area contributed by atoms with E-state index in [4.69, 9.17) is 11.6 Å². The predicted octanol–water partition coefficient (Wildman–Crippen LogP) is 1.83. The Labute approximate surface area is 89.2 Å². The van der Waals surface area contributed by atoms with Gasteiger partial charge in [-0.15, -0.1) is 11.6 Å². The van der Waals surface area contributed by atoms with E-state index >= 15 is 0 Å². The maximum Gasteiger partial charge on any atom is 0.241 e. The van der Waals surface area contributed by atoms with Gasteiger partial charge in [0.25, 0.3) is 0 Å². The first kappa shape index (κ1) is 10.7. The van der Waals surface area contributed by atoms with Crippen LogP contribution in [-0.4, -0.2) is 26.9 Å². The Bertz CT molecular complexity index is 291. The van der Waals surface area contributed by atoms with Gasteiger partial charge in [0.1, 0.15) is 5.88 Å². The van der Waals surface area contributed by atoms with Crippen LogP contribution >= 0.6 is 34.9 Å². The predicted molar refractivity (Wildman–Crippen MR) is 55.7 cm³/mol. The van der Waals surface area contributed by atoms with Crippen LogP contribution in [0.25, 0.3) is 0 Å². The van der Waals surface area contributed by atoms with Crippen LogP contribution in [0.2, 0.25) is 0 Å². The number of hydrogen-bond donors (Lipinski definition) is 1. The molecule has 0 spiro atoms. The topological polar surface area (TPSA) is 54.9 Å². The number of amides is 1. The van der Waals surface area contributed by atoms with E-state index in [1.165, 1.54) is 11.8 Å². The zero-order valence-electron chi connectivity index (χ0n) is 6.91. The van der Waals surface area contributed by atoms with Crippen LogP contribution in [0.4, 0.5) is 5.13 Å². The third-order valence-electron chi connectivity index (χ3n) is 1.05. The Kier molecular flexibility index (Phi) is 4.47. The first-order valence-corrected chi connectivity index (χ1v) is 5.88. The highest BCUT2D eigenvalue weighted by Gasteiger charge is 2.06. The number of halogens is 1. The van der Waals surface area contributed by atoms with Gasteiger partial charge < -0.3 is 0 Å².